The number of carbonyl (C=O) groups excluding carboxylic acids is 1. The Kier molecular flexibility index (Phi) is 5.53. The maximum atomic E-state index is 13.8. The highest BCUT2D eigenvalue weighted by molar-refractivity contribution is 5.90. The molecular formula is C27H25FN4O2. The molecule has 2 amide bonds. The molecule has 5 rings (SSSR count). The van der Waals surface area contributed by atoms with Gasteiger partial charge in [0.2, 0.25) is 0 Å². The minimum atomic E-state index is -0.449. The van der Waals surface area contributed by atoms with Crippen LogP contribution in [0.5, 0.6) is 5.75 Å². The minimum Gasteiger partial charge on any atom is -0.497 e. The molecule has 0 fully saturated rings. The fraction of sp³-hybridized carbons (Fsp3) is 0.185. The first-order valence-corrected chi connectivity index (χ1v) is 11.1. The van der Waals surface area contributed by atoms with Gasteiger partial charge in [0.25, 0.3) is 0 Å². The van der Waals surface area contributed by atoms with Crippen molar-refractivity contribution in [2.45, 2.75) is 26.4 Å². The van der Waals surface area contributed by atoms with Crippen LogP contribution in [0.2, 0.25) is 0 Å². The smallest absolute Gasteiger partial charge is 0.322 e. The van der Waals surface area contributed by atoms with Crippen molar-refractivity contribution in [3.05, 3.63) is 107 Å². The predicted octanol–water partition coefficient (Wildman–Crippen LogP) is 5.77. The molecule has 1 aliphatic rings. The second kappa shape index (κ2) is 8.67. The molecule has 3 heterocycles. The normalized spacial score (nSPS) is 14.7. The van der Waals surface area contributed by atoms with Gasteiger partial charge in [-0.25, -0.2) is 14.2 Å². The number of anilines is 1. The number of nitrogens with zero attached hydrogens (tertiary/aromatic N) is 3. The summed E-state index contributed by atoms with van der Waals surface area (Å²) in [7, 11) is 1.59. The number of urea groups is 1. The van der Waals surface area contributed by atoms with Crippen molar-refractivity contribution in [2.75, 3.05) is 12.4 Å². The van der Waals surface area contributed by atoms with Gasteiger partial charge in [-0.3, -0.25) is 0 Å². The van der Waals surface area contributed by atoms with Crippen LogP contribution in [0.3, 0.4) is 0 Å². The molecule has 0 spiro atoms. The zero-order chi connectivity index (χ0) is 23.8. The van der Waals surface area contributed by atoms with Crippen LogP contribution >= 0.6 is 0 Å². The fourth-order valence-electron chi connectivity index (χ4n) is 4.55. The van der Waals surface area contributed by atoms with Gasteiger partial charge in [-0.1, -0.05) is 18.2 Å². The molecule has 0 saturated carbocycles. The first-order valence-electron chi connectivity index (χ1n) is 11.1. The van der Waals surface area contributed by atoms with Gasteiger partial charge < -0.3 is 19.5 Å². The van der Waals surface area contributed by atoms with Gasteiger partial charge in [-0.2, -0.15) is 0 Å². The average molecular weight is 457 g/mol. The van der Waals surface area contributed by atoms with Crippen molar-refractivity contribution in [1.29, 1.82) is 0 Å². The standard InChI is InChI=1S/C27H25FN4O2/c1-17-14-18(2)29-26-23(17)16-32(27(33)30-21-6-4-7-22(15-21)34-3)25(24-8-5-13-31(24)26)19-9-11-20(28)12-10-19/h4-15,25H,16H2,1-3H3,(H,30,33). The lowest BCUT2D eigenvalue weighted by molar-refractivity contribution is 0.194. The van der Waals surface area contributed by atoms with Crippen LogP contribution in [0, 0.1) is 19.7 Å². The molecule has 6 nitrogen and oxygen atoms in total. The van der Waals surface area contributed by atoms with Crippen LogP contribution in [-0.2, 0) is 6.54 Å². The van der Waals surface area contributed by atoms with Gasteiger partial charge in [-0.15, -0.1) is 0 Å². The lowest BCUT2D eigenvalue weighted by Gasteiger charge is -2.31. The molecule has 2 aromatic heterocycles. The van der Waals surface area contributed by atoms with Gasteiger partial charge >= 0.3 is 6.03 Å². The minimum absolute atomic E-state index is 0.275. The Morgan fingerprint density at radius 2 is 1.88 bits per heavy atom. The first-order chi connectivity index (χ1) is 16.4. The van der Waals surface area contributed by atoms with Crippen LogP contribution in [-0.4, -0.2) is 27.6 Å². The van der Waals surface area contributed by atoms with Crippen molar-refractivity contribution < 1.29 is 13.9 Å². The summed E-state index contributed by atoms with van der Waals surface area (Å²) in [5.41, 5.74) is 5.24. The lowest BCUT2D eigenvalue weighted by atomic mass is 10.0. The van der Waals surface area contributed by atoms with Crippen LogP contribution in [0.1, 0.15) is 34.1 Å². The van der Waals surface area contributed by atoms with Crippen molar-refractivity contribution in [3.63, 3.8) is 0 Å². The number of carbonyl (C=O) groups is 1. The van der Waals surface area contributed by atoms with Crippen LogP contribution in [0.25, 0.3) is 5.82 Å². The van der Waals surface area contributed by atoms with Crippen molar-refractivity contribution in [2.24, 2.45) is 0 Å². The third-order valence-corrected chi connectivity index (χ3v) is 6.15. The molecule has 1 aliphatic heterocycles. The number of hydrogen-bond acceptors (Lipinski definition) is 3. The first kappa shape index (κ1) is 21.7. The molecule has 1 unspecified atom stereocenters. The summed E-state index contributed by atoms with van der Waals surface area (Å²) >= 11 is 0. The number of nitrogens with one attached hydrogen (secondary N) is 1. The number of pyridine rings is 1. The number of aryl methyl sites for hydroxylation is 2. The summed E-state index contributed by atoms with van der Waals surface area (Å²) in [4.78, 5) is 20.4. The second-order valence-electron chi connectivity index (χ2n) is 8.43. The summed E-state index contributed by atoms with van der Waals surface area (Å²) in [6, 6.07) is 18.8. The predicted molar refractivity (Wildman–Crippen MR) is 129 cm³/mol. The highest BCUT2D eigenvalue weighted by Crippen LogP contribution is 2.37. The Morgan fingerprint density at radius 3 is 2.65 bits per heavy atom. The lowest BCUT2D eigenvalue weighted by Crippen LogP contribution is -2.38. The Balaban J connectivity index is 1.65. The summed E-state index contributed by atoms with van der Waals surface area (Å²) < 4.78 is 21.1. The molecule has 172 valence electrons. The molecule has 4 aromatic rings. The van der Waals surface area contributed by atoms with Crippen LogP contribution < -0.4 is 10.1 Å². The molecule has 0 saturated heterocycles. The zero-order valence-electron chi connectivity index (χ0n) is 19.2. The number of ether oxygens (including phenoxy) is 1. The number of benzene rings is 2. The zero-order valence-corrected chi connectivity index (χ0v) is 19.2. The largest absolute Gasteiger partial charge is 0.497 e. The van der Waals surface area contributed by atoms with E-state index >= 15 is 0 Å². The topological polar surface area (TPSA) is 59.4 Å². The molecule has 0 radical (unpaired) electrons. The van der Waals surface area contributed by atoms with E-state index in [1.807, 2.05) is 61.0 Å². The molecule has 1 atom stereocenters. The third kappa shape index (κ3) is 3.90. The second-order valence-corrected chi connectivity index (χ2v) is 8.43. The Hall–Kier alpha value is -4.13. The summed E-state index contributed by atoms with van der Waals surface area (Å²) in [5, 5.41) is 3.01. The van der Waals surface area contributed by atoms with E-state index in [1.165, 1.54) is 12.1 Å². The van der Waals surface area contributed by atoms with Crippen molar-refractivity contribution >= 4 is 11.7 Å². The van der Waals surface area contributed by atoms with Gasteiger partial charge in [0, 0.05) is 29.2 Å². The highest BCUT2D eigenvalue weighted by atomic mass is 19.1. The SMILES string of the molecule is COc1cccc(NC(=O)N2Cc3c(C)cc(C)nc3-n3cccc3C2c2ccc(F)cc2)c1. The van der Waals surface area contributed by atoms with Crippen LogP contribution in [0.15, 0.2) is 72.9 Å². The molecule has 1 N–H and O–H groups in total. The van der Waals surface area contributed by atoms with Gasteiger partial charge in [0.15, 0.2) is 0 Å². The maximum absolute atomic E-state index is 13.8. The summed E-state index contributed by atoms with van der Waals surface area (Å²) in [6.07, 6.45) is 1.96. The molecular weight excluding hydrogens is 431 g/mol. The molecule has 34 heavy (non-hydrogen) atoms. The van der Waals surface area contributed by atoms with E-state index in [4.69, 9.17) is 9.72 Å². The van der Waals surface area contributed by atoms with Gasteiger partial charge in [0.05, 0.1) is 25.4 Å². The van der Waals surface area contributed by atoms with E-state index in [9.17, 15) is 9.18 Å². The average Bonchev–Trinajstić information content (AvgIpc) is 3.25. The highest BCUT2D eigenvalue weighted by Gasteiger charge is 2.34. The Labute approximate surface area is 197 Å². The number of amides is 2. The number of fused-ring (bicyclic) bond motifs is 3. The van der Waals surface area contributed by atoms with E-state index in [1.54, 1.807) is 30.2 Å². The van der Waals surface area contributed by atoms with E-state index in [2.05, 4.69) is 5.32 Å². The molecule has 7 heteroatoms. The van der Waals surface area contributed by atoms with E-state index < -0.39 is 6.04 Å². The quantitative estimate of drug-likeness (QED) is 0.426. The Bertz CT molecular complexity index is 1360. The molecule has 0 bridgehead atoms. The van der Waals surface area contributed by atoms with E-state index in [0.29, 0.717) is 18.0 Å². The van der Waals surface area contributed by atoms with E-state index in [-0.39, 0.29) is 11.8 Å². The number of rotatable bonds is 3. The number of methoxy groups -OCH3 is 1. The van der Waals surface area contributed by atoms with Gasteiger partial charge in [0.1, 0.15) is 17.4 Å². The maximum Gasteiger partial charge on any atom is 0.322 e. The van der Waals surface area contributed by atoms with Crippen molar-refractivity contribution in [3.8, 4) is 11.6 Å². The molecule has 2 aromatic carbocycles. The fourth-order valence-corrected chi connectivity index (χ4v) is 4.55. The number of halogens is 1. The van der Waals surface area contributed by atoms with Crippen LogP contribution in [0.4, 0.5) is 14.9 Å². The Morgan fingerprint density at radius 1 is 1.09 bits per heavy atom. The van der Waals surface area contributed by atoms with E-state index in [0.717, 1.165) is 33.9 Å². The number of aromatic nitrogens is 2. The number of hydrogen-bond donors (Lipinski definition) is 1. The third-order valence-electron chi connectivity index (χ3n) is 6.15. The van der Waals surface area contributed by atoms with Crippen molar-refractivity contribution in [1.82, 2.24) is 14.5 Å². The molecule has 0 aliphatic carbocycles. The summed E-state index contributed by atoms with van der Waals surface area (Å²) in [5.74, 6) is 1.14. The summed E-state index contributed by atoms with van der Waals surface area (Å²) in [6.45, 7) is 4.34. The van der Waals surface area contributed by atoms with Gasteiger partial charge in [-0.05, 0) is 67.4 Å². The monoisotopic (exact) mass is 456 g/mol.